The van der Waals surface area contributed by atoms with Crippen molar-refractivity contribution in [1.29, 1.82) is 0 Å². The molecule has 3 nitrogen and oxygen atoms in total. The van der Waals surface area contributed by atoms with Crippen molar-refractivity contribution in [1.82, 2.24) is 9.62 Å². The molecule has 0 saturated carbocycles. The van der Waals surface area contributed by atoms with Gasteiger partial charge in [0.2, 0.25) is 0 Å². The van der Waals surface area contributed by atoms with Crippen LogP contribution in [0.15, 0.2) is 77.7 Å². The highest BCUT2D eigenvalue weighted by Crippen LogP contribution is 2.28. The van der Waals surface area contributed by atoms with E-state index in [1.54, 1.807) is 11.9 Å². The van der Waals surface area contributed by atoms with Gasteiger partial charge in [-0.25, -0.2) is 4.31 Å². The zero-order valence-electron chi connectivity index (χ0n) is 22.0. The van der Waals surface area contributed by atoms with Crippen LogP contribution in [0, 0.1) is 6.92 Å². The van der Waals surface area contributed by atoms with Crippen molar-refractivity contribution < 1.29 is 5.11 Å². The molecule has 3 aromatic carbocycles. The standard InChI is InChI=1S/C30H40N2OS.H2S/c1-22(2)25-15-13-24(14-16-25)19-30(4,5)31-20-28(33)21-32(6)34-29-12-8-11-27(18-29)26-10-7-9-23(3)17-26;/h7-18,22,28,31,33H,19-21H2,1-6H3;1H2. The molecule has 1 atom stereocenters. The zero-order valence-corrected chi connectivity index (χ0v) is 23.8. The van der Waals surface area contributed by atoms with Crippen LogP contribution < -0.4 is 5.32 Å². The molecule has 0 bridgehead atoms. The van der Waals surface area contributed by atoms with Crippen molar-refractivity contribution in [3.63, 3.8) is 0 Å². The third kappa shape index (κ3) is 9.66. The minimum Gasteiger partial charge on any atom is -0.390 e. The highest BCUT2D eigenvalue weighted by molar-refractivity contribution is 7.97. The first-order valence-electron chi connectivity index (χ1n) is 12.2. The molecule has 0 amide bonds. The van der Waals surface area contributed by atoms with Crippen molar-refractivity contribution in [3.05, 3.63) is 89.5 Å². The van der Waals surface area contributed by atoms with Gasteiger partial charge >= 0.3 is 0 Å². The van der Waals surface area contributed by atoms with Gasteiger partial charge in [0, 0.05) is 23.5 Å². The molecule has 5 heteroatoms. The highest BCUT2D eigenvalue weighted by Gasteiger charge is 2.20. The number of hydrogen-bond acceptors (Lipinski definition) is 4. The third-order valence-corrected chi connectivity index (χ3v) is 6.95. The summed E-state index contributed by atoms with van der Waals surface area (Å²) in [6, 6.07) is 26.1. The number of benzene rings is 3. The van der Waals surface area contributed by atoms with E-state index < -0.39 is 6.10 Å². The molecule has 3 rings (SSSR count). The minimum absolute atomic E-state index is 0. The molecular weight excluding hydrogens is 468 g/mol. The van der Waals surface area contributed by atoms with Crippen LogP contribution in [-0.4, -0.2) is 41.2 Å². The van der Waals surface area contributed by atoms with Crippen LogP contribution in [-0.2, 0) is 6.42 Å². The van der Waals surface area contributed by atoms with Crippen molar-refractivity contribution in [2.45, 2.75) is 63.5 Å². The number of nitrogens with zero attached hydrogens (tertiary/aromatic N) is 1. The lowest BCUT2D eigenvalue weighted by atomic mass is 9.93. The third-order valence-electron chi connectivity index (χ3n) is 6.02. The van der Waals surface area contributed by atoms with E-state index in [1.165, 1.54) is 32.7 Å². The second kappa shape index (κ2) is 13.5. The number of aliphatic hydroxyl groups is 1. The average Bonchev–Trinajstić information content (AvgIpc) is 2.78. The second-order valence-corrected chi connectivity index (χ2v) is 11.6. The Hall–Kier alpha value is -1.76. The van der Waals surface area contributed by atoms with E-state index in [2.05, 4.69) is 117 Å². The predicted octanol–water partition coefficient (Wildman–Crippen LogP) is 6.81. The smallest absolute Gasteiger partial charge is 0.0800 e. The maximum atomic E-state index is 10.7. The van der Waals surface area contributed by atoms with Gasteiger partial charge in [0.15, 0.2) is 0 Å². The van der Waals surface area contributed by atoms with E-state index in [0.29, 0.717) is 19.0 Å². The number of β-amino-alcohol motifs (C(OH)–C–C–N with tert-alkyl or cyclic N) is 1. The lowest BCUT2D eigenvalue weighted by Gasteiger charge is -2.29. The molecule has 2 N–H and O–H groups in total. The quantitative estimate of drug-likeness (QED) is 0.278. The average molecular weight is 511 g/mol. The SMILES string of the molecule is Cc1cccc(-c2cccc(SN(C)CC(O)CNC(C)(C)Cc3ccc(C(C)C)cc3)c2)c1.S. The van der Waals surface area contributed by atoms with Gasteiger partial charge in [0.25, 0.3) is 0 Å². The highest BCUT2D eigenvalue weighted by atomic mass is 32.2. The lowest BCUT2D eigenvalue weighted by Crippen LogP contribution is -2.46. The summed E-state index contributed by atoms with van der Waals surface area (Å²) in [5.41, 5.74) is 6.31. The van der Waals surface area contributed by atoms with E-state index in [4.69, 9.17) is 0 Å². The molecule has 0 saturated heterocycles. The van der Waals surface area contributed by atoms with Gasteiger partial charge in [-0.2, -0.15) is 13.5 Å². The molecule has 35 heavy (non-hydrogen) atoms. The van der Waals surface area contributed by atoms with E-state index in [9.17, 15) is 5.11 Å². The van der Waals surface area contributed by atoms with Gasteiger partial charge in [-0.15, -0.1) is 0 Å². The second-order valence-electron chi connectivity index (χ2n) is 10.3. The largest absolute Gasteiger partial charge is 0.390 e. The van der Waals surface area contributed by atoms with Crippen LogP contribution in [0.4, 0.5) is 0 Å². The maximum Gasteiger partial charge on any atom is 0.0800 e. The number of aliphatic hydroxyl groups excluding tert-OH is 1. The summed E-state index contributed by atoms with van der Waals surface area (Å²) in [5, 5.41) is 14.2. The van der Waals surface area contributed by atoms with Crippen LogP contribution in [0.1, 0.15) is 50.3 Å². The molecule has 0 aliphatic carbocycles. The Balaban J connectivity index is 0.00000432. The van der Waals surface area contributed by atoms with Crippen LogP contribution in [0.2, 0.25) is 0 Å². The summed E-state index contributed by atoms with van der Waals surface area (Å²) >= 11 is 1.67. The Bertz CT molecular complexity index is 1050. The Kier molecular flexibility index (Phi) is 11.4. The van der Waals surface area contributed by atoms with Gasteiger partial charge in [-0.1, -0.05) is 80.1 Å². The first kappa shape index (κ1) is 29.5. The van der Waals surface area contributed by atoms with E-state index in [-0.39, 0.29) is 19.0 Å². The van der Waals surface area contributed by atoms with Gasteiger partial charge in [-0.05, 0) is 86.5 Å². The van der Waals surface area contributed by atoms with E-state index in [1.807, 2.05) is 7.05 Å². The van der Waals surface area contributed by atoms with Gasteiger partial charge in [0.05, 0.1) is 6.10 Å². The van der Waals surface area contributed by atoms with Crippen molar-refractivity contribution in [2.24, 2.45) is 0 Å². The van der Waals surface area contributed by atoms with Gasteiger partial charge in [0.1, 0.15) is 0 Å². The molecule has 0 aliphatic heterocycles. The fourth-order valence-electron chi connectivity index (χ4n) is 4.12. The van der Waals surface area contributed by atoms with E-state index in [0.717, 1.165) is 6.42 Å². The van der Waals surface area contributed by atoms with Gasteiger partial charge in [-0.3, -0.25) is 0 Å². The molecule has 0 fully saturated rings. The summed E-state index contributed by atoms with van der Waals surface area (Å²) in [7, 11) is 2.04. The van der Waals surface area contributed by atoms with Crippen molar-refractivity contribution in [3.8, 4) is 11.1 Å². The Morgan fingerprint density at radius 2 is 1.57 bits per heavy atom. The van der Waals surface area contributed by atoms with E-state index >= 15 is 0 Å². The first-order chi connectivity index (χ1) is 16.1. The first-order valence-corrected chi connectivity index (χ1v) is 13.0. The monoisotopic (exact) mass is 510 g/mol. The Labute approximate surface area is 223 Å². The summed E-state index contributed by atoms with van der Waals surface area (Å²) in [4.78, 5) is 1.17. The van der Waals surface area contributed by atoms with Crippen molar-refractivity contribution in [2.75, 3.05) is 20.1 Å². The molecular formula is C30H42N2OS2. The Morgan fingerprint density at radius 3 is 2.20 bits per heavy atom. The number of nitrogens with one attached hydrogen (secondary N) is 1. The fraction of sp³-hybridized carbons (Fsp3) is 0.400. The fourth-order valence-corrected chi connectivity index (χ4v) is 5.05. The number of aryl methyl sites for hydroxylation is 1. The topological polar surface area (TPSA) is 35.5 Å². The number of hydrogen-bond donors (Lipinski definition) is 2. The predicted molar refractivity (Wildman–Crippen MR) is 158 cm³/mol. The Morgan fingerprint density at radius 1 is 0.943 bits per heavy atom. The normalized spacial score (nSPS) is 12.6. The number of rotatable bonds is 11. The van der Waals surface area contributed by atoms with Crippen LogP contribution in [0.3, 0.4) is 0 Å². The zero-order chi connectivity index (χ0) is 24.7. The molecule has 0 aromatic heterocycles. The van der Waals surface area contributed by atoms with Crippen LogP contribution >= 0.6 is 25.4 Å². The maximum absolute atomic E-state index is 10.7. The van der Waals surface area contributed by atoms with Crippen LogP contribution in [0.25, 0.3) is 11.1 Å². The summed E-state index contributed by atoms with van der Waals surface area (Å²) < 4.78 is 2.11. The minimum atomic E-state index is -0.444. The molecule has 0 radical (unpaired) electrons. The van der Waals surface area contributed by atoms with Gasteiger partial charge < -0.3 is 10.4 Å². The molecule has 190 valence electrons. The molecule has 0 aliphatic rings. The summed E-state index contributed by atoms with van der Waals surface area (Å²) in [6.07, 6.45) is 0.481. The summed E-state index contributed by atoms with van der Waals surface area (Å²) in [6.45, 7) is 12.1. The molecule has 0 heterocycles. The van der Waals surface area contributed by atoms with Crippen molar-refractivity contribution >= 4 is 25.4 Å². The summed E-state index contributed by atoms with van der Waals surface area (Å²) in [5.74, 6) is 0.551. The molecule has 3 aromatic rings. The molecule has 1 unspecified atom stereocenters. The number of likely N-dealkylation sites (N-methyl/N-ethyl adjacent to an activating group) is 1. The van der Waals surface area contributed by atoms with Crippen LogP contribution in [0.5, 0.6) is 0 Å². The lowest BCUT2D eigenvalue weighted by molar-refractivity contribution is 0.142. The molecule has 0 spiro atoms.